The number of hydrogen-bond acceptors (Lipinski definition) is 2. The van der Waals surface area contributed by atoms with Crippen LogP contribution in [-0.2, 0) is 6.42 Å². The first kappa shape index (κ1) is 17.4. The van der Waals surface area contributed by atoms with Gasteiger partial charge in [0, 0.05) is 40.0 Å². The average molecular weight is 353 g/mol. The van der Waals surface area contributed by atoms with E-state index in [-0.39, 0.29) is 5.56 Å². The van der Waals surface area contributed by atoms with Crippen LogP contribution < -0.4 is 5.56 Å². The summed E-state index contributed by atoms with van der Waals surface area (Å²) in [4.78, 5) is 19.8. The summed E-state index contributed by atoms with van der Waals surface area (Å²) in [5, 5.41) is 0.677. The summed E-state index contributed by atoms with van der Waals surface area (Å²) in [5.41, 5.74) is 7.83. The smallest absolute Gasteiger partial charge is 0.251 e. The van der Waals surface area contributed by atoms with Gasteiger partial charge in [-0.05, 0) is 48.7 Å². The van der Waals surface area contributed by atoms with E-state index in [0.717, 1.165) is 45.6 Å². The standard InChI is InChI=1S/C19H15ClN2O.C2H6/c1-10-3-4-13(9-21-10)17-11(2)19(23)22-18-15-8-14(20)6-5-12(15)7-16(17)18;1-2/h3-6,8-9H,7H2,1-2H3,(H,22,23);1-2H3. The first-order chi connectivity index (χ1) is 12.0. The predicted molar refractivity (Wildman–Crippen MR) is 104 cm³/mol. The van der Waals surface area contributed by atoms with Gasteiger partial charge in [-0.1, -0.05) is 37.6 Å². The van der Waals surface area contributed by atoms with Gasteiger partial charge in [0.25, 0.3) is 5.56 Å². The molecule has 0 aliphatic heterocycles. The number of rotatable bonds is 1. The second kappa shape index (κ2) is 6.85. The molecule has 0 fully saturated rings. The van der Waals surface area contributed by atoms with E-state index in [9.17, 15) is 4.79 Å². The Hall–Kier alpha value is -2.39. The van der Waals surface area contributed by atoms with E-state index in [0.29, 0.717) is 5.02 Å². The second-order valence-corrected chi connectivity index (χ2v) is 6.41. The molecule has 1 N–H and O–H groups in total. The third-order valence-corrected chi connectivity index (χ3v) is 4.70. The fraction of sp³-hybridized carbons (Fsp3) is 0.238. The first-order valence-electron chi connectivity index (χ1n) is 8.52. The number of nitrogens with zero attached hydrogens (tertiary/aromatic N) is 1. The zero-order chi connectivity index (χ0) is 18.1. The van der Waals surface area contributed by atoms with E-state index in [1.165, 1.54) is 5.56 Å². The number of H-pyrrole nitrogens is 1. The van der Waals surface area contributed by atoms with Gasteiger partial charge in [0.15, 0.2) is 0 Å². The molecule has 0 saturated carbocycles. The molecule has 25 heavy (non-hydrogen) atoms. The molecule has 0 spiro atoms. The van der Waals surface area contributed by atoms with Crippen LogP contribution in [0.2, 0.25) is 5.02 Å². The molecule has 0 saturated heterocycles. The normalized spacial score (nSPS) is 11.4. The molecule has 0 atom stereocenters. The maximum atomic E-state index is 12.4. The van der Waals surface area contributed by atoms with E-state index in [2.05, 4.69) is 9.97 Å². The van der Waals surface area contributed by atoms with Crippen LogP contribution in [0.3, 0.4) is 0 Å². The lowest BCUT2D eigenvalue weighted by molar-refractivity contribution is 1.14. The van der Waals surface area contributed by atoms with E-state index in [1.54, 1.807) is 0 Å². The molecule has 3 nitrogen and oxygen atoms in total. The Balaban J connectivity index is 0.000000880. The van der Waals surface area contributed by atoms with Crippen LogP contribution in [0.15, 0.2) is 41.3 Å². The fourth-order valence-corrected chi connectivity index (χ4v) is 3.46. The number of benzene rings is 1. The highest BCUT2D eigenvalue weighted by Crippen LogP contribution is 2.41. The molecule has 2 aromatic heterocycles. The Morgan fingerprint density at radius 2 is 1.88 bits per heavy atom. The lowest BCUT2D eigenvalue weighted by atomic mass is 9.96. The molecule has 4 rings (SSSR count). The third-order valence-electron chi connectivity index (χ3n) is 4.47. The number of fused-ring (bicyclic) bond motifs is 3. The fourth-order valence-electron chi connectivity index (χ4n) is 3.29. The van der Waals surface area contributed by atoms with Gasteiger partial charge in [-0.2, -0.15) is 0 Å². The van der Waals surface area contributed by atoms with Crippen molar-refractivity contribution >= 4 is 11.6 Å². The van der Waals surface area contributed by atoms with Crippen LogP contribution in [0.5, 0.6) is 0 Å². The average Bonchev–Trinajstić information content (AvgIpc) is 2.96. The Labute approximate surface area is 152 Å². The van der Waals surface area contributed by atoms with Crippen molar-refractivity contribution in [3.8, 4) is 22.4 Å². The summed E-state index contributed by atoms with van der Waals surface area (Å²) in [6, 6.07) is 9.85. The van der Waals surface area contributed by atoms with Crippen molar-refractivity contribution in [3.05, 3.63) is 74.3 Å². The molecule has 128 valence electrons. The third kappa shape index (κ3) is 3.00. The highest BCUT2D eigenvalue weighted by Gasteiger charge is 2.25. The SMILES string of the molecule is CC.Cc1ccc(-c2c3c([nH]c(=O)c2C)-c2cc(Cl)ccc2C3)cn1. The molecule has 1 aromatic carbocycles. The molecule has 0 amide bonds. The van der Waals surface area contributed by atoms with Gasteiger partial charge in [0.05, 0.1) is 5.69 Å². The summed E-state index contributed by atoms with van der Waals surface area (Å²) in [6.45, 7) is 7.82. The molecule has 2 heterocycles. The van der Waals surface area contributed by atoms with Crippen LogP contribution >= 0.6 is 11.6 Å². The predicted octanol–water partition coefficient (Wildman–Crippen LogP) is 5.30. The lowest BCUT2D eigenvalue weighted by Crippen LogP contribution is -2.13. The molecular formula is C21H21ClN2O. The minimum atomic E-state index is -0.0628. The maximum absolute atomic E-state index is 12.4. The molecule has 4 heteroatoms. The van der Waals surface area contributed by atoms with Crippen LogP contribution in [-0.4, -0.2) is 9.97 Å². The molecule has 0 radical (unpaired) electrons. The molecule has 0 bridgehead atoms. The Bertz CT molecular complexity index is 988. The number of pyridine rings is 2. The number of aromatic nitrogens is 2. The van der Waals surface area contributed by atoms with Gasteiger partial charge in [-0.3, -0.25) is 9.78 Å². The lowest BCUT2D eigenvalue weighted by Gasteiger charge is -2.12. The Kier molecular flexibility index (Phi) is 4.78. The quantitative estimate of drug-likeness (QED) is 0.505. The largest absolute Gasteiger partial charge is 0.321 e. The van der Waals surface area contributed by atoms with Crippen molar-refractivity contribution < 1.29 is 0 Å². The topological polar surface area (TPSA) is 45.8 Å². The summed E-state index contributed by atoms with van der Waals surface area (Å²) < 4.78 is 0. The summed E-state index contributed by atoms with van der Waals surface area (Å²) in [6.07, 6.45) is 2.63. The van der Waals surface area contributed by atoms with Crippen LogP contribution in [0.25, 0.3) is 22.4 Å². The molecule has 1 aliphatic carbocycles. The number of aromatic amines is 1. The van der Waals surface area contributed by atoms with Crippen LogP contribution in [0, 0.1) is 13.8 Å². The summed E-state index contributed by atoms with van der Waals surface area (Å²) in [5.74, 6) is 0. The minimum absolute atomic E-state index is 0.0628. The van der Waals surface area contributed by atoms with Crippen LogP contribution in [0.4, 0.5) is 0 Å². The second-order valence-electron chi connectivity index (χ2n) is 5.97. The van der Waals surface area contributed by atoms with E-state index in [1.807, 2.05) is 64.2 Å². The Morgan fingerprint density at radius 3 is 2.56 bits per heavy atom. The summed E-state index contributed by atoms with van der Waals surface area (Å²) >= 11 is 6.13. The summed E-state index contributed by atoms with van der Waals surface area (Å²) in [7, 11) is 0. The molecular weight excluding hydrogens is 332 g/mol. The van der Waals surface area contributed by atoms with Crippen molar-refractivity contribution in [2.45, 2.75) is 34.1 Å². The monoisotopic (exact) mass is 352 g/mol. The van der Waals surface area contributed by atoms with Crippen molar-refractivity contribution in [3.63, 3.8) is 0 Å². The van der Waals surface area contributed by atoms with Gasteiger partial charge in [-0.25, -0.2) is 0 Å². The van der Waals surface area contributed by atoms with Crippen molar-refractivity contribution in [1.29, 1.82) is 0 Å². The highest BCUT2D eigenvalue weighted by atomic mass is 35.5. The van der Waals surface area contributed by atoms with E-state index >= 15 is 0 Å². The first-order valence-corrected chi connectivity index (χ1v) is 8.90. The van der Waals surface area contributed by atoms with Crippen molar-refractivity contribution in [1.82, 2.24) is 9.97 Å². The van der Waals surface area contributed by atoms with Crippen molar-refractivity contribution in [2.24, 2.45) is 0 Å². The Morgan fingerprint density at radius 1 is 1.12 bits per heavy atom. The van der Waals surface area contributed by atoms with E-state index < -0.39 is 0 Å². The van der Waals surface area contributed by atoms with Crippen molar-refractivity contribution in [2.75, 3.05) is 0 Å². The maximum Gasteiger partial charge on any atom is 0.251 e. The molecule has 1 aliphatic rings. The number of halogens is 1. The molecule has 0 unspecified atom stereocenters. The zero-order valence-corrected chi connectivity index (χ0v) is 15.7. The van der Waals surface area contributed by atoms with Gasteiger partial charge >= 0.3 is 0 Å². The van der Waals surface area contributed by atoms with Gasteiger partial charge < -0.3 is 4.98 Å². The van der Waals surface area contributed by atoms with Gasteiger partial charge in [0.2, 0.25) is 0 Å². The van der Waals surface area contributed by atoms with Gasteiger partial charge in [0.1, 0.15) is 0 Å². The number of aryl methyl sites for hydroxylation is 1. The molecule has 3 aromatic rings. The number of hydrogen-bond donors (Lipinski definition) is 1. The zero-order valence-electron chi connectivity index (χ0n) is 14.9. The number of nitrogens with one attached hydrogen (secondary N) is 1. The van der Waals surface area contributed by atoms with E-state index in [4.69, 9.17) is 11.6 Å². The minimum Gasteiger partial charge on any atom is -0.321 e. The highest BCUT2D eigenvalue weighted by molar-refractivity contribution is 6.31. The van der Waals surface area contributed by atoms with Gasteiger partial charge in [-0.15, -0.1) is 0 Å². The van der Waals surface area contributed by atoms with Crippen LogP contribution in [0.1, 0.15) is 36.2 Å².